The molecule has 1 atom stereocenters. The van der Waals surface area contributed by atoms with Crippen molar-refractivity contribution in [2.45, 2.75) is 31.7 Å². The first kappa shape index (κ1) is 21.5. The van der Waals surface area contributed by atoms with E-state index in [0.717, 1.165) is 31.8 Å². The van der Waals surface area contributed by atoms with Crippen molar-refractivity contribution in [2.24, 2.45) is 0 Å². The van der Waals surface area contributed by atoms with Crippen molar-refractivity contribution in [3.05, 3.63) is 35.4 Å². The highest BCUT2D eigenvalue weighted by Crippen LogP contribution is 2.21. The zero-order valence-electron chi connectivity index (χ0n) is 17.2. The number of hydrogen-bond donors (Lipinski definition) is 0. The van der Waals surface area contributed by atoms with E-state index in [4.69, 9.17) is 0 Å². The maximum absolute atomic E-state index is 14.0. The zero-order chi connectivity index (χ0) is 21.0. The van der Waals surface area contributed by atoms with Crippen molar-refractivity contribution in [1.82, 2.24) is 19.6 Å². The molecule has 160 valence electrons. The summed E-state index contributed by atoms with van der Waals surface area (Å²) in [5, 5.41) is 0. The van der Waals surface area contributed by atoms with E-state index < -0.39 is 17.5 Å². The molecule has 1 aromatic carbocycles. The maximum atomic E-state index is 14.0. The van der Waals surface area contributed by atoms with E-state index in [1.54, 1.807) is 23.9 Å². The third kappa shape index (κ3) is 5.23. The molecule has 0 aliphatic carbocycles. The Balaban J connectivity index is 1.65. The molecule has 29 heavy (non-hydrogen) atoms. The van der Waals surface area contributed by atoms with E-state index in [1.165, 1.54) is 25.3 Å². The second-order valence-electron chi connectivity index (χ2n) is 8.09. The highest BCUT2D eigenvalue weighted by molar-refractivity contribution is 5.94. The minimum absolute atomic E-state index is 0.0747. The van der Waals surface area contributed by atoms with Crippen molar-refractivity contribution < 1.29 is 18.4 Å². The van der Waals surface area contributed by atoms with Gasteiger partial charge in [0.15, 0.2) is 0 Å². The van der Waals surface area contributed by atoms with Crippen LogP contribution in [0.3, 0.4) is 0 Å². The number of nitrogens with zero attached hydrogens (tertiary/aromatic N) is 4. The number of carbonyl (C=O) groups is 2. The predicted molar refractivity (Wildman–Crippen MR) is 107 cm³/mol. The molecule has 1 unspecified atom stereocenters. The molecule has 0 aromatic heterocycles. The Morgan fingerprint density at radius 1 is 1.10 bits per heavy atom. The van der Waals surface area contributed by atoms with Crippen LogP contribution in [0.25, 0.3) is 0 Å². The van der Waals surface area contributed by atoms with E-state index in [2.05, 4.69) is 4.90 Å². The molecule has 1 aromatic rings. The second-order valence-corrected chi connectivity index (χ2v) is 8.09. The molecule has 2 saturated heterocycles. The summed E-state index contributed by atoms with van der Waals surface area (Å²) in [5.74, 6) is -2.03. The third-order valence-corrected chi connectivity index (χ3v) is 5.79. The fraction of sp³-hybridized carbons (Fsp3) is 0.619. The van der Waals surface area contributed by atoms with Gasteiger partial charge in [0.2, 0.25) is 0 Å². The summed E-state index contributed by atoms with van der Waals surface area (Å²) >= 11 is 0. The van der Waals surface area contributed by atoms with Crippen LogP contribution in [0.5, 0.6) is 0 Å². The van der Waals surface area contributed by atoms with Gasteiger partial charge in [-0.05, 0) is 44.5 Å². The molecule has 0 bridgehead atoms. The molecule has 0 saturated carbocycles. The fourth-order valence-electron chi connectivity index (χ4n) is 4.14. The molecule has 2 aliphatic rings. The van der Waals surface area contributed by atoms with Crippen LogP contribution in [-0.2, 0) is 0 Å². The molecule has 8 heteroatoms. The highest BCUT2D eigenvalue weighted by Gasteiger charge is 2.34. The normalized spacial score (nSPS) is 20.0. The van der Waals surface area contributed by atoms with Crippen LogP contribution in [0, 0.1) is 11.6 Å². The number of hydrogen-bond acceptors (Lipinski definition) is 3. The molecular weight excluding hydrogens is 378 g/mol. The lowest BCUT2D eigenvalue weighted by atomic mass is 10.1. The van der Waals surface area contributed by atoms with Crippen LogP contribution >= 0.6 is 0 Å². The Morgan fingerprint density at radius 3 is 2.48 bits per heavy atom. The molecule has 2 fully saturated rings. The monoisotopic (exact) mass is 408 g/mol. The number of carbonyl (C=O) groups excluding carboxylic acids is 2. The van der Waals surface area contributed by atoms with Gasteiger partial charge in [0, 0.05) is 46.3 Å². The summed E-state index contributed by atoms with van der Waals surface area (Å²) < 4.78 is 27.1. The van der Waals surface area contributed by atoms with Gasteiger partial charge in [0.1, 0.15) is 11.6 Å². The number of piperidine rings is 1. The fourth-order valence-corrected chi connectivity index (χ4v) is 4.14. The molecule has 0 radical (unpaired) electrons. The van der Waals surface area contributed by atoms with Crippen molar-refractivity contribution >= 4 is 11.9 Å². The topological polar surface area (TPSA) is 47.1 Å². The largest absolute Gasteiger partial charge is 0.336 e. The van der Waals surface area contributed by atoms with Gasteiger partial charge in [-0.25, -0.2) is 13.6 Å². The standard InChI is InChI=1S/C21H30F2N4O2/c1-24(2)21(29)27(13-12-25-9-4-3-5-10-25)17-8-11-26(15-17)20(28)18-7-6-16(22)14-19(18)23/h6-7,14,17H,3-5,8-13,15H2,1-2H3. The zero-order valence-corrected chi connectivity index (χ0v) is 17.2. The second kappa shape index (κ2) is 9.52. The van der Waals surface area contributed by atoms with Gasteiger partial charge in [-0.2, -0.15) is 0 Å². The van der Waals surface area contributed by atoms with Crippen molar-refractivity contribution in [1.29, 1.82) is 0 Å². The molecule has 0 N–H and O–H groups in total. The minimum atomic E-state index is -0.857. The highest BCUT2D eigenvalue weighted by atomic mass is 19.1. The lowest BCUT2D eigenvalue weighted by Crippen LogP contribution is -2.50. The van der Waals surface area contributed by atoms with Gasteiger partial charge < -0.3 is 19.6 Å². The summed E-state index contributed by atoms with van der Waals surface area (Å²) in [6.07, 6.45) is 4.29. The van der Waals surface area contributed by atoms with Crippen LogP contribution in [0.4, 0.5) is 13.6 Å². The maximum Gasteiger partial charge on any atom is 0.319 e. The summed E-state index contributed by atoms with van der Waals surface area (Å²) in [6, 6.07) is 2.81. The Hall–Kier alpha value is -2.22. The predicted octanol–water partition coefficient (Wildman–Crippen LogP) is 2.65. The van der Waals surface area contributed by atoms with Gasteiger partial charge in [-0.3, -0.25) is 4.79 Å². The van der Waals surface area contributed by atoms with Crippen molar-refractivity contribution in [2.75, 3.05) is 53.4 Å². The summed E-state index contributed by atoms with van der Waals surface area (Å²) in [6.45, 7) is 4.34. The first-order valence-electron chi connectivity index (χ1n) is 10.3. The molecule has 2 heterocycles. The first-order chi connectivity index (χ1) is 13.9. The Morgan fingerprint density at radius 2 is 1.83 bits per heavy atom. The Labute approximate surface area is 171 Å². The van der Waals surface area contributed by atoms with Crippen molar-refractivity contribution in [3.8, 4) is 0 Å². The molecule has 3 rings (SSSR count). The lowest BCUT2D eigenvalue weighted by Gasteiger charge is -2.34. The van der Waals surface area contributed by atoms with Gasteiger partial charge in [0.25, 0.3) is 5.91 Å². The average Bonchev–Trinajstić information content (AvgIpc) is 3.18. The molecular formula is C21H30F2N4O2. The number of rotatable bonds is 5. The first-order valence-corrected chi connectivity index (χ1v) is 10.3. The van der Waals surface area contributed by atoms with Crippen LogP contribution in [0.15, 0.2) is 18.2 Å². The molecule has 2 aliphatic heterocycles. The van der Waals surface area contributed by atoms with Gasteiger partial charge in [-0.15, -0.1) is 0 Å². The van der Waals surface area contributed by atoms with Crippen LogP contribution in [-0.4, -0.2) is 90.9 Å². The molecule has 6 nitrogen and oxygen atoms in total. The van der Waals surface area contributed by atoms with E-state index in [0.29, 0.717) is 26.1 Å². The Bertz CT molecular complexity index is 737. The van der Waals surface area contributed by atoms with E-state index in [1.807, 2.05) is 4.90 Å². The quantitative estimate of drug-likeness (QED) is 0.753. The van der Waals surface area contributed by atoms with Crippen LogP contribution in [0.1, 0.15) is 36.0 Å². The minimum Gasteiger partial charge on any atom is -0.336 e. The summed E-state index contributed by atoms with van der Waals surface area (Å²) in [7, 11) is 3.45. The van der Waals surface area contributed by atoms with Crippen LogP contribution in [0.2, 0.25) is 0 Å². The molecule has 3 amide bonds. The van der Waals surface area contributed by atoms with Gasteiger partial charge in [0.05, 0.1) is 11.6 Å². The summed E-state index contributed by atoms with van der Waals surface area (Å²) in [4.78, 5) is 32.8. The third-order valence-electron chi connectivity index (χ3n) is 5.79. The molecule has 0 spiro atoms. The van der Waals surface area contributed by atoms with E-state index in [-0.39, 0.29) is 17.6 Å². The number of benzene rings is 1. The number of likely N-dealkylation sites (tertiary alicyclic amines) is 2. The number of urea groups is 1. The average molecular weight is 408 g/mol. The number of halogens is 2. The number of amides is 3. The van der Waals surface area contributed by atoms with E-state index >= 15 is 0 Å². The van der Waals surface area contributed by atoms with Gasteiger partial charge in [-0.1, -0.05) is 6.42 Å². The smallest absolute Gasteiger partial charge is 0.319 e. The lowest BCUT2D eigenvalue weighted by molar-refractivity contribution is 0.0769. The van der Waals surface area contributed by atoms with Crippen molar-refractivity contribution in [3.63, 3.8) is 0 Å². The van der Waals surface area contributed by atoms with Gasteiger partial charge >= 0.3 is 6.03 Å². The van der Waals surface area contributed by atoms with E-state index in [9.17, 15) is 18.4 Å². The SMILES string of the molecule is CN(C)C(=O)N(CCN1CCCCC1)C1CCN(C(=O)c2ccc(F)cc2F)C1. The van der Waals surface area contributed by atoms with Crippen LogP contribution < -0.4 is 0 Å². The Kier molecular flexibility index (Phi) is 7.05. The summed E-state index contributed by atoms with van der Waals surface area (Å²) in [5.41, 5.74) is -0.133.